The molecule has 144 valence electrons. The van der Waals surface area contributed by atoms with Crippen molar-refractivity contribution in [3.8, 4) is 22.6 Å². The van der Waals surface area contributed by atoms with E-state index in [0.717, 1.165) is 18.2 Å². The Kier molecular flexibility index (Phi) is 6.38. The molecule has 0 unspecified atom stereocenters. The molecule has 0 radical (unpaired) electrons. The Hall–Kier alpha value is -3.10. The zero-order valence-corrected chi connectivity index (χ0v) is 13.7. The van der Waals surface area contributed by atoms with Crippen molar-refractivity contribution in [3.05, 3.63) is 60.7 Å². The average molecular weight is 388 g/mol. The van der Waals surface area contributed by atoms with Crippen LogP contribution in [0.15, 0.2) is 49.1 Å². The highest BCUT2D eigenvalue weighted by Crippen LogP contribution is 2.33. The van der Waals surface area contributed by atoms with Crippen molar-refractivity contribution >= 4 is 5.97 Å². The van der Waals surface area contributed by atoms with E-state index < -0.39 is 29.7 Å². The molecule has 0 aromatic heterocycles. The van der Waals surface area contributed by atoms with E-state index in [1.807, 2.05) is 0 Å². The van der Waals surface area contributed by atoms with Gasteiger partial charge in [0, 0.05) is 6.08 Å². The Morgan fingerprint density at radius 3 is 2.30 bits per heavy atom. The lowest BCUT2D eigenvalue weighted by Crippen LogP contribution is -2.19. The fourth-order valence-corrected chi connectivity index (χ4v) is 2.07. The minimum absolute atomic E-state index is 0.0111. The Labute approximate surface area is 150 Å². The van der Waals surface area contributed by atoms with Crippen LogP contribution in [-0.2, 0) is 9.53 Å². The van der Waals surface area contributed by atoms with Crippen LogP contribution in [0.4, 0.5) is 22.0 Å². The Bertz CT molecular complexity index is 810. The van der Waals surface area contributed by atoms with Gasteiger partial charge in [-0.15, -0.1) is 13.2 Å². The zero-order chi connectivity index (χ0) is 20.0. The number of alkyl halides is 3. The van der Waals surface area contributed by atoms with Crippen LogP contribution in [0.3, 0.4) is 0 Å². The lowest BCUT2D eigenvalue weighted by molar-refractivity contribution is -0.276. The number of carbonyl (C=O) groups is 1. The largest absolute Gasteiger partial charge is 0.573 e. The predicted molar refractivity (Wildman–Crippen MR) is 85.1 cm³/mol. The van der Waals surface area contributed by atoms with Crippen molar-refractivity contribution in [1.82, 2.24) is 0 Å². The highest BCUT2D eigenvalue weighted by atomic mass is 19.4. The van der Waals surface area contributed by atoms with Crippen LogP contribution in [0, 0.1) is 11.6 Å². The van der Waals surface area contributed by atoms with Crippen LogP contribution in [0.5, 0.6) is 11.5 Å². The van der Waals surface area contributed by atoms with Crippen molar-refractivity contribution < 1.29 is 41.0 Å². The first-order chi connectivity index (χ1) is 12.7. The molecule has 2 rings (SSSR count). The predicted octanol–water partition coefficient (Wildman–Crippen LogP) is 4.64. The third-order valence-electron chi connectivity index (χ3n) is 3.15. The number of ether oxygens (including phenoxy) is 3. The summed E-state index contributed by atoms with van der Waals surface area (Å²) in [6, 6.07) is 7.42. The summed E-state index contributed by atoms with van der Waals surface area (Å²) in [5.41, 5.74) is 0.287. The van der Waals surface area contributed by atoms with E-state index in [2.05, 4.69) is 11.3 Å². The van der Waals surface area contributed by atoms with Gasteiger partial charge in [0.15, 0.2) is 11.6 Å². The fraction of sp³-hybridized carbons (Fsp3) is 0.167. The van der Waals surface area contributed by atoms with Crippen LogP contribution in [0.1, 0.15) is 0 Å². The summed E-state index contributed by atoms with van der Waals surface area (Å²) in [5, 5.41) is 0. The Balaban J connectivity index is 2.14. The molecule has 9 heteroatoms. The van der Waals surface area contributed by atoms with Crippen LogP contribution < -0.4 is 9.47 Å². The lowest BCUT2D eigenvalue weighted by Gasteiger charge is -2.12. The normalized spacial score (nSPS) is 11.0. The molecule has 0 atom stereocenters. The van der Waals surface area contributed by atoms with Gasteiger partial charge in [-0.1, -0.05) is 18.7 Å². The molecule has 0 aliphatic rings. The number of esters is 1. The van der Waals surface area contributed by atoms with Crippen LogP contribution >= 0.6 is 0 Å². The summed E-state index contributed by atoms with van der Waals surface area (Å²) >= 11 is 0. The number of halogens is 5. The number of benzene rings is 2. The molecule has 0 saturated carbocycles. The van der Waals surface area contributed by atoms with E-state index in [4.69, 9.17) is 9.47 Å². The zero-order valence-electron chi connectivity index (χ0n) is 13.7. The van der Waals surface area contributed by atoms with Gasteiger partial charge in [0.2, 0.25) is 5.75 Å². The van der Waals surface area contributed by atoms with Gasteiger partial charge in [-0.25, -0.2) is 13.6 Å². The van der Waals surface area contributed by atoms with Gasteiger partial charge >= 0.3 is 12.3 Å². The highest BCUT2D eigenvalue weighted by Gasteiger charge is 2.34. The second-order valence-corrected chi connectivity index (χ2v) is 5.06. The molecule has 0 saturated heterocycles. The monoisotopic (exact) mass is 388 g/mol. The summed E-state index contributed by atoms with van der Waals surface area (Å²) in [6.07, 6.45) is -4.22. The van der Waals surface area contributed by atoms with Crippen LogP contribution in [0.2, 0.25) is 0 Å². The molecule has 0 heterocycles. The van der Waals surface area contributed by atoms with Gasteiger partial charge < -0.3 is 14.2 Å². The van der Waals surface area contributed by atoms with Crippen LogP contribution in [-0.4, -0.2) is 25.5 Å². The number of carbonyl (C=O) groups excluding carboxylic acids is 1. The maximum Gasteiger partial charge on any atom is 0.573 e. The standard InChI is InChI=1S/C18H13F5O4/c1-2-16(24)26-7-6-25-13-5-3-4-11(8-13)12-9-14(19)17(15(20)10-12)27-18(21,22)23/h2-5,8-10H,1,6-7H2. The molecule has 0 spiro atoms. The smallest absolute Gasteiger partial charge is 0.490 e. The summed E-state index contributed by atoms with van der Waals surface area (Å²) in [4.78, 5) is 10.9. The molecule has 2 aromatic carbocycles. The van der Waals surface area contributed by atoms with Gasteiger partial charge in [0.1, 0.15) is 19.0 Å². The Morgan fingerprint density at radius 1 is 1.04 bits per heavy atom. The molecule has 27 heavy (non-hydrogen) atoms. The molecule has 0 aliphatic carbocycles. The van der Waals surface area contributed by atoms with E-state index in [1.165, 1.54) is 18.2 Å². The van der Waals surface area contributed by atoms with E-state index in [-0.39, 0.29) is 18.8 Å². The highest BCUT2D eigenvalue weighted by molar-refractivity contribution is 5.81. The molecule has 0 bridgehead atoms. The van der Waals surface area contributed by atoms with E-state index in [9.17, 15) is 26.7 Å². The van der Waals surface area contributed by atoms with Crippen molar-refractivity contribution in [2.45, 2.75) is 6.36 Å². The summed E-state index contributed by atoms with van der Waals surface area (Å²) < 4.78 is 77.6. The minimum Gasteiger partial charge on any atom is -0.490 e. The maximum atomic E-state index is 13.8. The Morgan fingerprint density at radius 2 is 1.70 bits per heavy atom. The molecular formula is C18H13F5O4. The first-order valence-corrected chi connectivity index (χ1v) is 7.47. The summed E-state index contributed by atoms with van der Waals surface area (Å²) in [6.45, 7) is 3.21. The van der Waals surface area contributed by atoms with Crippen LogP contribution in [0.25, 0.3) is 11.1 Å². The second-order valence-electron chi connectivity index (χ2n) is 5.06. The first-order valence-electron chi connectivity index (χ1n) is 7.47. The quantitative estimate of drug-likeness (QED) is 0.300. The number of rotatable bonds is 7. The fourth-order valence-electron chi connectivity index (χ4n) is 2.07. The van der Waals surface area contributed by atoms with Crippen molar-refractivity contribution in [3.63, 3.8) is 0 Å². The topological polar surface area (TPSA) is 44.8 Å². The first kappa shape index (κ1) is 20.2. The van der Waals surface area contributed by atoms with Gasteiger partial charge in [-0.2, -0.15) is 0 Å². The third-order valence-corrected chi connectivity index (χ3v) is 3.15. The molecule has 4 nitrogen and oxygen atoms in total. The maximum absolute atomic E-state index is 13.8. The molecule has 0 fully saturated rings. The number of hydrogen-bond acceptors (Lipinski definition) is 4. The molecule has 2 aromatic rings. The summed E-state index contributed by atoms with van der Waals surface area (Å²) in [5.74, 6) is -4.82. The third kappa shape index (κ3) is 5.98. The van der Waals surface area contributed by atoms with E-state index >= 15 is 0 Å². The number of hydrogen-bond donors (Lipinski definition) is 0. The SMILES string of the molecule is C=CC(=O)OCCOc1cccc(-c2cc(F)c(OC(F)(F)F)c(F)c2)c1. The molecular weight excluding hydrogens is 375 g/mol. The molecule has 0 aliphatic heterocycles. The van der Waals surface area contributed by atoms with E-state index in [1.54, 1.807) is 6.07 Å². The minimum atomic E-state index is -5.22. The van der Waals surface area contributed by atoms with Crippen molar-refractivity contribution in [2.75, 3.05) is 13.2 Å². The average Bonchev–Trinajstić information content (AvgIpc) is 2.61. The van der Waals surface area contributed by atoms with Gasteiger partial charge in [-0.05, 0) is 35.4 Å². The van der Waals surface area contributed by atoms with Crippen molar-refractivity contribution in [2.24, 2.45) is 0 Å². The van der Waals surface area contributed by atoms with Crippen molar-refractivity contribution in [1.29, 1.82) is 0 Å². The van der Waals surface area contributed by atoms with Gasteiger partial charge in [0.05, 0.1) is 0 Å². The van der Waals surface area contributed by atoms with Gasteiger partial charge in [-0.3, -0.25) is 0 Å². The molecule has 0 N–H and O–H groups in total. The van der Waals surface area contributed by atoms with E-state index in [0.29, 0.717) is 11.3 Å². The lowest BCUT2D eigenvalue weighted by atomic mass is 10.0. The second kappa shape index (κ2) is 8.52. The van der Waals surface area contributed by atoms with Gasteiger partial charge in [0.25, 0.3) is 0 Å². The molecule has 0 amide bonds. The summed E-state index contributed by atoms with van der Waals surface area (Å²) in [7, 11) is 0.